The lowest BCUT2D eigenvalue weighted by Gasteiger charge is -2.57. The largest absolute Gasteiger partial charge is 0.256 e. The molecular weight excluding hydrogens is 334 g/mol. The van der Waals surface area contributed by atoms with E-state index in [1.807, 2.05) is 36.5 Å². The minimum Gasteiger partial charge on any atom is -0.256 e. The summed E-state index contributed by atoms with van der Waals surface area (Å²) in [5, 5.41) is 0. The van der Waals surface area contributed by atoms with Crippen molar-refractivity contribution in [3.63, 3.8) is 0 Å². The first-order valence-corrected chi connectivity index (χ1v) is 10.5. The molecule has 0 aliphatic heterocycles. The topological polar surface area (TPSA) is 12.4 Å². The Morgan fingerprint density at radius 3 is 2.19 bits per heavy atom. The minimum atomic E-state index is 0.382. The maximum absolute atomic E-state index is 5.03. The Morgan fingerprint density at radius 1 is 0.962 bits per heavy atom. The molecule has 0 spiro atoms. The Kier molecular flexibility index (Phi) is 4.01. The Balaban J connectivity index is 1.54. The zero-order chi connectivity index (χ0) is 17.7. The highest BCUT2D eigenvalue weighted by molar-refractivity contribution is 7.80. The smallest absolute Gasteiger partial charge is 0.0629 e. The van der Waals surface area contributed by atoms with Crippen LogP contribution in [0.15, 0.2) is 52.4 Å². The van der Waals surface area contributed by atoms with Crippen LogP contribution < -0.4 is 0 Å². The van der Waals surface area contributed by atoms with Crippen LogP contribution in [0.4, 0.5) is 5.69 Å². The van der Waals surface area contributed by atoms with Gasteiger partial charge >= 0.3 is 0 Å². The fourth-order valence-corrected chi connectivity index (χ4v) is 6.83. The van der Waals surface area contributed by atoms with Crippen LogP contribution >= 0.6 is 12.6 Å². The monoisotopic (exact) mass is 361 g/mol. The van der Waals surface area contributed by atoms with Gasteiger partial charge in [-0.3, -0.25) is 4.99 Å². The molecule has 0 heterocycles. The summed E-state index contributed by atoms with van der Waals surface area (Å²) in [7, 11) is 0. The molecule has 4 bridgehead atoms. The van der Waals surface area contributed by atoms with E-state index in [1.165, 1.54) is 55.2 Å². The quantitative estimate of drug-likeness (QED) is 0.473. The second kappa shape index (κ2) is 6.27. The average molecular weight is 362 g/mol. The lowest BCUT2D eigenvalue weighted by Crippen LogP contribution is -2.48. The van der Waals surface area contributed by atoms with Crippen LogP contribution in [0.5, 0.6) is 0 Å². The molecule has 0 amide bonds. The van der Waals surface area contributed by atoms with Crippen molar-refractivity contribution in [1.82, 2.24) is 0 Å². The summed E-state index contributed by atoms with van der Waals surface area (Å²) in [5.74, 6) is 2.86. The molecule has 2 aromatic carbocycles. The maximum atomic E-state index is 5.03. The van der Waals surface area contributed by atoms with Crippen molar-refractivity contribution in [2.24, 2.45) is 22.7 Å². The molecule has 0 unspecified atom stereocenters. The van der Waals surface area contributed by atoms with E-state index in [1.54, 1.807) is 0 Å². The SMILES string of the molecule is Cc1cc(/C=N/c2ccccc2)c(S)c(C23CC4CC(CC(C4)C2)C3)c1. The van der Waals surface area contributed by atoms with Gasteiger partial charge in [0.1, 0.15) is 0 Å². The first-order chi connectivity index (χ1) is 12.6. The number of nitrogens with zero attached hydrogens (tertiary/aromatic N) is 1. The fraction of sp³-hybridized carbons (Fsp3) is 0.458. The third-order valence-electron chi connectivity index (χ3n) is 7.00. The second-order valence-electron chi connectivity index (χ2n) is 9.04. The zero-order valence-corrected chi connectivity index (χ0v) is 16.4. The first-order valence-electron chi connectivity index (χ1n) is 10.0. The van der Waals surface area contributed by atoms with E-state index in [0.29, 0.717) is 5.41 Å². The van der Waals surface area contributed by atoms with Crippen LogP contribution in [0.25, 0.3) is 0 Å². The number of aliphatic imine (C=N–C) groups is 1. The molecule has 134 valence electrons. The molecule has 6 rings (SSSR count). The fourth-order valence-electron chi connectivity index (χ4n) is 6.41. The summed E-state index contributed by atoms with van der Waals surface area (Å²) in [6.07, 6.45) is 10.6. The van der Waals surface area contributed by atoms with Gasteiger partial charge < -0.3 is 0 Å². The van der Waals surface area contributed by atoms with E-state index in [0.717, 1.165) is 28.3 Å². The molecule has 0 N–H and O–H groups in total. The van der Waals surface area contributed by atoms with E-state index in [9.17, 15) is 0 Å². The van der Waals surface area contributed by atoms with Crippen molar-refractivity contribution in [3.8, 4) is 0 Å². The van der Waals surface area contributed by atoms with Gasteiger partial charge in [-0.25, -0.2) is 0 Å². The molecule has 0 saturated heterocycles. The summed E-state index contributed by atoms with van der Waals surface area (Å²) in [6.45, 7) is 2.22. The number of hydrogen-bond acceptors (Lipinski definition) is 2. The summed E-state index contributed by atoms with van der Waals surface area (Å²) >= 11 is 5.03. The highest BCUT2D eigenvalue weighted by Gasteiger charge is 2.52. The highest BCUT2D eigenvalue weighted by Crippen LogP contribution is 2.61. The number of para-hydroxylation sites is 1. The van der Waals surface area contributed by atoms with Gasteiger partial charge in [0.15, 0.2) is 0 Å². The van der Waals surface area contributed by atoms with E-state index >= 15 is 0 Å². The van der Waals surface area contributed by atoms with E-state index in [4.69, 9.17) is 17.6 Å². The van der Waals surface area contributed by atoms with Gasteiger partial charge in [0, 0.05) is 16.7 Å². The molecule has 4 saturated carbocycles. The second-order valence-corrected chi connectivity index (χ2v) is 9.49. The van der Waals surface area contributed by atoms with Gasteiger partial charge in [-0.05, 0) is 92.4 Å². The molecular formula is C24H27NS. The predicted molar refractivity (Wildman–Crippen MR) is 112 cm³/mol. The van der Waals surface area contributed by atoms with Crippen LogP contribution in [0, 0.1) is 24.7 Å². The minimum absolute atomic E-state index is 0.382. The Morgan fingerprint density at radius 2 is 1.58 bits per heavy atom. The number of thiol groups is 1. The van der Waals surface area contributed by atoms with Gasteiger partial charge in [0.25, 0.3) is 0 Å². The van der Waals surface area contributed by atoms with Gasteiger partial charge in [-0.1, -0.05) is 29.8 Å². The van der Waals surface area contributed by atoms with Crippen molar-refractivity contribution >= 4 is 24.5 Å². The van der Waals surface area contributed by atoms with Gasteiger partial charge in [0.2, 0.25) is 0 Å². The van der Waals surface area contributed by atoms with E-state index in [-0.39, 0.29) is 0 Å². The molecule has 2 heteroatoms. The number of rotatable bonds is 3. The first kappa shape index (κ1) is 16.6. The number of benzene rings is 2. The standard InChI is InChI=1S/C24H27NS/c1-16-7-20(15-25-21-5-3-2-4-6-21)23(26)22(8-16)24-12-17-9-18(13-24)11-19(10-17)14-24/h2-8,15,17-19,26H,9-14H2,1H3/b25-15+. The van der Waals surface area contributed by atoms with E-state index in [2.05, 4.69) is 19.1 Å². The molecule has 4 aliphatic carbocycles. The molecule has 4 fully saturated rings. The van der Waals surface area contributed by atoms with Crippen molar-refractivity contribution in [1.29, 1.82) is 0 Å². The van der Waals surface area contributed by atoms with Crippen LogP contribution in [0.1, 0.15) is 55.2 Å². The molecule has 0 aromatic heterocycles. The lowest BCUT2D eigenvalue weighted by atomic mass is 9.48. The van der Waals surface area contributed by atoms with Gasteiger partial charge in [-0.2, -0.15) is 0 Å². The molecule has 0 radical (unpaired) electrons. The van der Waals surface area contributed by atoms with Crippen molar-refractivity contribution < 1.29 is 0 Å². The van der Waals surface area contributed by atoms with Crippen LogP contribution in [0.2, 0.25) is 0 Å². The molecule has 4 aliphatic rings. The third-order valence-corrected chi connectivity index (χ3v) is 7.50. The van der Waals surface area contributed by atoms with Crippen LogP contribution in [-0.2, 0) is 5.41 Å². The summed E-state index contributed by atoms with van der Waals surface area (Å²) in [5.41, 5.74) is 5.39. The Labute approximate surface area is 162 Å². The Bertz CT molecular complexity index is 817. The van der Waals surface area contributed by atoms with Crippen LogP contribution in [-0.4, -0.2) is 6.21 Å². The molecule has 1 nitrogen and oxygen atoms in total. The van der Waals surface area contributed by atoms with Crippen LogP contribution in [0.3, 0.4) is 0 Å². The van der Waals surface area contributed by atoms with Crippen molar-refractivity contribution in [2.75, 3.05) is 0 Å². The Hall–Kier alpha value is -1.54. The van der Waals surface area contributed by atoms with Crippen molar-refractivity contribution in [3.05, 3.63) is 59.2 Å². The van der Waals surface area contributed by atoms with Gasteiger partial charge in [-0.15, -0.1) is 12.6 Å². The molecule has 0 atom stereocenters. The molecule has 2 aromatic rings. The average Bonchev–Trinajstić information content (AvgIpc) is 2.62. The number of hydrogen-bond donors (Lipinski definition) is 1. The summed E-state index contributed by atoms with van der Waals surface area (Å²) < 4.78 is 0. The summed E-state index contributed by atoms with van der Waals surface area (Å²) in [6, 6.07) is 14.8. The van der Waals surface area contributed by atoms with Crippen molar-refractivity contribution in [2.45, 2.75) is 55.8 Å². The van der Waals surface area contributed by atoms with E-state index < -0.39 is 0 Å². The zero-order valence-electron chi connectivity index (χ0n) is 15.5. The maximum Gasteiger partial charge on any atom is 0.0629 e. The molecule has 26 heavy (non-hydrogen) atoms. The normalized spacial score (nSPS) is 32.5. The third kappa shape index (κ3) is 2.83. The number of aryl methyl sites for hydroxylation is 1. The lowest BCUT2D eigenvalue weighted by molar-refractivity contribution is -0.00640. The van der Waals surface area contributed by atoms with Gasteiger partial charge in [0.05, 0.1) is 5.69 Å². The predicted octanol–water partition coefficient (Wildman–Crippen LogP) is 6.50. The highest BCUT2D eigenvalue weighted by atomic mass is 32.1. The summed E-state index contributed by atoms with van der Waals surface area (Å²) in [4.78, 5) is 5.86.